The maximum Gasteiger partial charge on any atom is 0.254 e. The number of hydrogen-bond acceptors (Lipinski definition) is 3. The minimum Gasteiger partial charge on any atom is -0.381 e. The lowest BCUT2D eigenvalue weighted by Gasteiger charge is -2.09. The molecule has 0 aliphatic carbocycles. The summed E-state index contributed by atoms with van der Waals surface area (Å²) in [4.78, 5) is 15.3. The van der Waals surface area contributed by atoms with Crippen LogP contribution in [0.2, 0.25) is 5.15 Å². The van der Waals surface area contributed by atoms with Crippen LogP contribution in [0.4, 0.5) is 0 Å². The van der Waals surface area contributed by atoms with Crippen molar-refractivity contribution < 1.29 is 4.74 Å². The highest BCUT2D eigenvalue weighted by Crippen LogP contribution is 2.13. The molecule has 2 rings (SSSR count). The molecule has 0 radical (unpaired) electrons. The van der Waals surface area contributed by atoms with Crippen LogP contribution < -0.4 is 5.56 Å². The number of ether oxygens (including phenoxy) is 1. The number of hydrogen-bond donors (Lipinski definition) is 0. The molecule has 14 heavy (non-hydrogen) atoms. The number of aromatic nitrogens is 2. The van der Waals surface area contributed by atoms with E-state index in [4.69, 9.17) is 16.3 Å². The lowest BCUT2D eigenvalue weighted by Crippen LogP contribution is -2.23. The molecule has 1 aromatic rings. The third kappa shape index (κ3) is 2.13. The fourth-order valence-corrected chi connectivity index (χ4v) is 1.68. The molecule has 0 bridgehead atoms. The topological polar surface area (TPSA) is 44.1 Å². The Morgan fingerprint density at radius 3 is 3.21 bits per heavy atom. The number of nitrogens with zero attached hydrogens (tertiary/aromatic N) is 2. The molecule has 1 saturated heterocycles. The lowest BCUT2D eigenvalue weighted by atomic mass is 10.1. The van der Waals surface area contributed by atoms with Crippen molar-refractivity contribution in [2.24, 2.45) is 5.92 Å². The quantitative estimate of drug-likeness (QED) is 0.688. The minimum atomic E-state index is -0.100. The standard InChI is InChI=1S/C9H11ClN2O2/c10-8-3-9(13)12(6-11-8)4-7-1-2-14-5-7/h3,6-7H,1-2,4-5H2. The van der Waals surface area contributed by atoms with Gasteiger partial charge in [-0.15, -0.1) is 0 Å². The minimum absolute atomic E-state index is 0.100. The largest absolute Gasteiger partial charge is 0.381 e. The van der Waals surface area contributed by atoms with E-state index in [1.807, 2.05) is 0 Å². The molecule has 1 atom stereocenters. The zero-order chi connectivity index (χ0) is 9.97. The van der Waals surface area contributed by atoms with Crippen LogP contribution in [-0.4, -0.2) is 22.8 Å². The zero-order valence-electron chi connectivity index (χ0n) is 7.65. The molecule has 0 amide bonds. The predicted molar refractivity (Wildman–Crippen MR) is 52.4 cm³/mol. The number of halogens is 1. The highest BCUT2D eigenvalue weighted by molar-refractivity contribution is 6.29. The molecule has 0 N–H and O–H groups in total. The Balaban J connectivity index is 2.12. The van der Waals surface area contributed by atoms with Gasteiger partial charge in [-0.25, -0.2) is 4.98 Å². The second-order valence-electron chi connectivity index (χ2n) is 3.43. The van der Waals surface area contributed by atoms with Crippen LogP contribution in [0.15, 0.2) is 17.2 Å². The SMILES string of the molecule is O=c1cc(Cl)ncn1CC1CCOC1. The van der Waals surface area contributed by atoms with Crippen molar-refractivity contribution in [3.05, 3.63) is 27.9 Å². The van der Waals surface area contributed by atoms with Crippen LogP contribution in [0.3, 0.4) is 0 Å². The maximum absolute atomic E-state index is 11.4. The van der Waals surface area contributed by atoms with Gasteiger partial charge in [0.05, 0.1) is 12.9 Å². The maximum atomic E-state index is 11.4. The van der Waals surface area contributed by atoms with Crippen molar-refractivity contribution in [2.75, 3.05) is 13.2 Å². The summed E-state index contributed by atoms with van der Waals surface area (Å²) in [6.45, 7) is 2.19. The van der Waals surface area contributed by atoms with Gasteiger partial charge in [0.1, 0.15) is 5.15 Å². The molecule has 76 valence electrons. The Bertz CT molecular complexity index is 371. The second kappa shape index (κ2) is 4.11. The summed E-state index contributed by atoms with van der Waals surface area (Å²) < 4.78 is 6.81. The molecule has 1 aliphatic heterocycles. The molecule has 1 unspecified atom stereocenters. The molecule has 0 saturated carbocycles. The molecular weight excluding hydrogens is 204 g/mol. The molecule has 5 heteroatoms. The van der Waals surface area contributed by atoms with Crippen LogP contribution in [-0.2, 0) is 11.3 Å². The molecular formula is C9H11ClN2O2. The van der Waals surface area contributed by atoms with Crippen molar-refractivity contribution in [3.8, 4) is 0 Å². The highest BCUT2D eigenvalue weighted by Gasteiger charge is 2.16. The smallest absolute Gasteiger partial charge is 0.254 e. The summed E-state index contributed by atoms with van der Waals surface area (Å²) in [6.07, 6.45) is 2.50. The van der Waals surface area contributed by atoms with Gasteiger partial charge >= 0.3 is 0 Å². The zero-order valence-corrected chi connectivity index (χ0v) is 8.41. The van der Waals surface area contributed by atoms with Gasteiger partial charge < -0.3 is 4.74 Å². The van der Waals surface area contributed by atoms with E-state index in [2.05, 4.69) is 4.98 Å². The van der Waals surface area contributed by atoms with E-state index >= 15 is 0 Å². The normalized spacial score (nSPS) is 21.4. The van der Waals surface area contributed by atoms with Crippen molar-refractivity contribution in [1.82, 2.24) is 9.55 Å². The van der Waals surface area contributed by atoms with Crippen LogP contribution in [0, 0.1) is 5.92 Å². The number of rotatable bonds is 2. The van der Waals surface area contributed by atoms with Gasteiger partial charge in [0, 0.05) is 25.1 Å². The van der Waals surface area contributed by atoms with E-state index < -0.39 is 0 Å². The van der Waals surface area contributed by atoms with Crippen molar-refractivity contribution in [2.45, 2.75) is 13.0 Å². The van der Waals surface area contributed by atoms with Crippen LogP contribution >= 0.6 is 11.6 Å². The lowest BCUT2D eigenvalue weighted by molar-refractivity contribution is 0.182. The molecule has 1 fully saturated rings. The average molecular weight is 215 g/mol. The first-order valence-electron chi connectivity index (χ1n) is 4.55. The van der Waals surface area contributed by atoms with Gasteiger partial charge in [-0.1, -0.05) is 11.6 Å². The summed E-state index contributed by atoms with van der Waals surface area (Å²) in [5.74, 6) is 0.427. The Labute approximate surface area is 86.5 Å². The van der Waals surface area contributed by atoms with E-state index in [9.17, 15) is 4.79 Å². The third-order valence-corrected chi connectivity index (χ3v) is 2.53. The van der Waals surface area contributed by atoms with E-state index in [1.165, 1.54) is 12.4 Å². The van der Waals surface area contributed by atoms with E-state index in [-0.39, 0.29) is 10.7 Å². The van der Waals surface area contributed by atoms with Crippen LogP contribution in [0.25, 0.3) is 0 Å². The van der Waals surface area contributed by atoms with E-state index in [1.54, 1.807) is 4.57 Å². The monoisotopic (exact) mass is 214 g/mol. The van der Waals surface area contributed by atoms with Gasteiger partial charge in [-0.3, -0.25) is 9.36 Å². The third-order valence-electron chi connectivity index (χ3n) is 2.32. The van der Waals surface area contributed by atoms with Crippen molar-refractivity contribution in [1.29, 1.82) is 0 Å². The van der Waals surface area contributed by atoms with Crippen molar-refractivity contribution >= 4 is 11.6 Å². The van der Waals surface area contributed by atoms with E-state index in [0.717, 1.165) is 19.6 Å². The van der Waals surface area contributed by atoms with Gasteiger partial charge in [-0.2, -0.15) is 0 Å². The van der Waals surface area contributed by atoms with Gasteiger partial charge in [0.25, 0.3) is 5.56 Å². The molecule has 0 spiro atoms. The summed E-state index contributed by atoms with van der Waals surface area (Å²) in [6, 6.07) is 1.33. The van der Waals surface area contributed by atoms with E-state index in [0.29, 0.717) is 12.5 Å². The molecule has 1 aliphatic rings. The first-order valence-corrected chi connectivity index (χ1v) is 4.93. The van der Waals surface area contributed by atoms with Gasteiger partial charge in [0.2, 0.25) is 0 Å². The Hall–Kier alpha value is -0.870. The fourth-order valence-electron chi connectivity index (χ4n) is 1.55. The Morgan fingerprint density at radius 1 is 1.71 bits per heavy atom. The summed E-state index contributed by atoms with van der Waals surface area (Å²) in [7, 11) is 0. The molecule has 4 nitrogen and oxygen atoms in total. The Kier molecular flexibility index (Phi) is 2.84. The van der Waals surface area contributed by atoms with Gasteiger partial charge in [-0.05, 0) is 6.42 Å². The summed E-state index contributed by atoms with van der Waals surface area (Å²) >= 11 is 5.58. The van der Waals surface area contributed by atoms with Crippen LogP contribution in [0.1, 0.15) is 6.42 Å². The summed E-state index contributed by atoms with van der Waals surface area (Å²) in [5.41, 5.74) is -0.100. The molecule has 0 aromatic carbocycles. The molecule has 1 aromatic heterocycles. The fraction of sp³-hybridized carbons (Fsp3) is 0.556. The predicted octanol–water partition coefficient (Wildman–Crippen LogP) is 0.933. The highest BCUT2D eigenvalue weighted by atomic mass is 35.5. The van der Waals surface area contributed by atoms with Crippen molar-refractivity contribution in [3.63, 3.8) is 0 Å². The Morgan fingerprint density at radius 2 is 2.57 bits per heavy atom. The molecule has 2 heterocycles. The van der Waals surface area contributed by atoms with Gasteiger partial charge in [0.15, 0.2) is 0 Å². The average Bonchev–Trinajstić information content (AvgIpc) is 2.62. The first kappa shape index (κ1) is 9.68. The van der Waals surface area contributed by atoms with Crippen LogP contribution in [0.5, 0.6) is 0 Å². The summed E-state index contributed by atoms with van der Waals surface area (Å²) in [5, 5.41) is 0.244. The first-order chi connectivity index (χ1) is 6.75. The second-order valence-corrected chi connectivity index (χ2v) is 3.82.